The van der Waals surface area contributed by atoms with E-state index in [2.05, 4.69) is 15.3 Å². The van der Waals surface area contributed by atoms with Gasteiger partial charge in [-0.05, 0) is 25.7 Å². The third kappa shape index (κ3) is 2.38. The van der Waals surface area contributed by atoms with Gasteiger partial charge in [-0.3, -0.25) is 4.98 Å². The van der Waals surface area contributed by atoms with Gasteiger partial charge in [-0.1, -0.05) is 11.6 Å². The van der Waals surface area contributed by atoms with Crippen molar-refractivity contribution < 1.29 is 4.74 Å². The first-order chi connectivity index (χ1) is 8.33. The van der Waals surface area contributed by atoms with Gasteiger partial charge in [0, 0.05) is 18.6 Å². The Morgan fingerprint density at radius 3 is 3.12 bits per heavy atom. The lowest BCUT2D eigenvalue weighted by molar-refractivity contribution is 0.0619. The quantitative estimate of drug-likeness (QED) is 0.880. The molecule has 0 radical (unpaired) electrons. The van der Waals surface area contributed by atoms with E-state index >= 15 is 0 Å². The Balaban J connectivity index is 1.71. The molecule has 3 atom stereocenters. The van der Waals surface area contributed by atoms with Crippen LogP contribution in [0.4, 0.5) is 5.82 Å². The van der Waals surface area contributed by atoms with Gasteiger partial charge in [0.2, 0.25) is 0 Å². The van der Waals surface area contributed by atoms with Crippen LogP contribution in [0.5, 0.6) is 0 Å². The second-order valence-corrected chi connectivity index (χ2v) is 5.16. The summed E-state index contributed by atoms with van der Waals surface area (Å²) in [5.74, 6) is 1.39. The van der Waals surface area contributed by atoms with Gasteiger partial charge < -0.3 is 10.1 Å². The van der Waals surface area contributed by atoms with E-state index in [1.54, 1.807) is 12.4 Å². The third-order valence-corrected chi connectivity index (χ3v) is 3.90. The number of halogens is 1. The summed E-state index contributed by atoms with van der Waals surface area (Å²) in [6.45, 7) is 0.898. The molecular formula is C12H16ClN3O. The number of hydrogen-bond donors (Lipinski definition) is 1. The van der Waals surface area contributed by atoms with E-state index < -0.39 is 0 Å². The first-order valence-electron chi connectivity index (χ1n) is 6.18. The van der Waals surface area contributed by atoms with E-state index in [0.717, 1.165) is 18.8 Å². The van der Waals surface area contributed by atoms with Crippen LogP contribution in [0, 0.1) is 5.92 Å². The average molecular weight is 254 g/mol. The molecule has 0 amide bonds. The molecule has 1 aliphatic carbocycles. The van der Waals surface area contributed by atoms with Crippen LogP contribution in [0.2, 0.25) is 5.15 Å². The number of nitrogens with zero attached hydrogens (tertiary/aromatic N) is 2. The van der Waals surface area contributed by atoms with Crippen molar-refractivity contribution in [1.82, 2.24) is 9.97 Å². The standard InChI is InChI=1S/C12H16ClN3O/c13-11-6-14-7-12(16-11)15-9-2-1-3-10-8(9)4-5-17-10/h6-10H,1-5H2,(H,15,16). The molecule has 3 rings (SSSR count). The van der Waals surface area contributed by atoms with Gasteiger partial charge in [0.25, 0.3) is 0 Å². The molecule has 1 aromatic heterocycles. The average Bonchev–Trinajstić information content (AvgIpc) is 2.78. The first kappa shape index (κ1) is 11.2. The van der Waals surface area contributed by atoms with E-state index in [1.165, 1.54) is 19.3 Å². The molecule has 1 aliphatic heterocycles. The zero-order valence-electron chi connectivity index (χ0n) is 9.60. The molecule has 17 heavy (non-hydrogen) atoms. The highest BCUT2D eigenvalue weighted by atomic mass is 35.5. The predicted molar refractivity (Wildman–Crippen MR) is 66.2 cm³/mol. The van der Waals surface area contributed by atoms with Gasteiger partial charge >= 0.3 is 0 Å². The maximum atomic E-state index is 5.84. The molecule has 1 aromatic rings. The fourth-order valence-corrected chi connectivity index (χ4v) is 3.10. The minimum atomic E-state index is 0.435. The van der Waals surface area contributed by atoms with Crippen LogP contribution in [-0.2, 0) is 4.74 Å². The van der Waals surface area contributed by atoms with Crippen LogP contribution >= 0.6 is 11.6 Å². The summed E-state index contributed by atoms with van der Waals surface area (Å²) in [6, 6.07) is 0.448. The fourth-order valence-electron chi connectivity index (χ4n) is 2.96. The number of rotatable bonds is 2. The Labute approximate surface area is 106 Å². The molecule has 1 N–H and O–H groups in total. The molecule has 3 unspecified atom stereocenters. The molecule has 0 aromatic carbocycles. The molecule has 2 heterocycles. The molecular weight excluding hydrogens is 238 g/mol. The third-order valence-electron chi connectivity index (χ3n) is 3.72. The van der Waals surface area contributed by atoms with Gasteiger partial charge in [0.15, 0.2) is 0 Å². The van der Waals surface area contributed by atoms with Crippen LogP contribution in [0.25, 0.3) is 0 Å². The molecule has 1 saturated heterocycles. The SMILES string of the molecule is Clc1cncc(NC2CCCC3OCCC23)n1. The van der Waals surface area contributed by atoms with Crippen LogP contribution < -0.4 is 5.32 Å². The highest BCUT2D eigenvalue weighted by molar-refractivity contribution is 6.29. The Morgan fingerprint density at radius 2 is 2.24 bits per heavy atom. The van der Waals surface area contributed by atoms with Crippen molar-refractivity contribution in [2.24, 2.45) is 5.92 Å². The van der Waals surface area contributed by atoms with Crippen LogP contribution in [0.3, 0.4) is 0 Å². The predicted octanol–water partition coefficient (Wildman–Crippen LogP) is 2.50. The summed E-state index contributed by atoms with van der Waals surface area (Å²) in [7, 11) is 0. The van der Waals surface area contributed by atoms with Crippen molar-refractivity contribution in [3.8, 4) is 0 Å². The molecule has 1 saturated carbocycles. The van der Waals surface area contributed by atoms with Crippen molar-refractivity contribution in [3.05, 3.63) is 17.5 Å². The zero-order valence-corrected chi connectivity index (χ0v) is 10.4. The minimum absolute atomic E-state index is 0.435. The number of fused-ring (bicyclic) bond motifs is 1. The second-order valence-electron chi connectivity index (χ2n) is 4.77. The molecule has 0 spiro atoms. The normalized spacial score (nSPS) is 32.2. The highest BCUT2D eigenvalue weighted by Gasteiger charge is 2.37. The molecule has 4 nitrogen and oxygen atoms in total. The largest absolute Gasteiger partial charge is 0.378 e. The van der Waals surface area contributed by atoms with Crippen molar-refractivity contribution in [3.63, 3.8) is 0 Å². The lowest BCUT2D eigenvalue weighted by atomic mass is 9.82. The topological polar surface area (TPSA) is 47.0 Å². The lowest BCUT2D eigenvalue weighted by Gasteiger charge is -2.33. The minimum Gasteiger partial charge on any atom is -0.378 e. The fraction of sp³-hybridized carbons (Fsp3) is 0.667. The van der Waals surface area contributed by atoms with Gasteiger partial charge in [0.05, 0.1) is 18.5 Å². The summed E-state index contributed by atoms with van der Waals surface area (Å²) in [4.78, 5) is 8.28. The zero-order chi connectivity index (χ0) is 11.7. The van der Waals surface area contributed by atoms with E-state index in [-0.39, 0.29) is 0 Å². The van der Waals surface area contributed by atoms with Gasteiger partial charge in [-0.15, -0.1) is 0 Å². The van der Waals surface area contributed by atoms with Crippen molar-refractivity contribution in [2.45, 2.75) is 37.8 Å². The Kier molecular flexibility index (Phi) is 3.16. The van der Waals surface area contributed by atoms with Crippen molar-refractivity contribution in [2.75, 3.05) is 11.9 Å². The summed E-state index contributed by atoms with van der Waals surface area (Å²) in [5.41, 5.74) is 0. The van der Waals surface area contributed by atoms with Gasteiger partial charge in [0.1, 0.15) is 11.0 Å². The Bertz CT molecular complexity index is 401. The molecule has 5 heteroatoms. The monoisotopic (exact) mass is 253 g/mol. The van der Waals surface area contributed by atoms with Crippen molar-refractivity contribution >= 4 is 17.4 Å². The van der Waals surface area contributed by atoms with Crippen LogP contribution in [0.1, 0.15) is 25.7 Å². The molecule has 2 aliphatic rings. The van der Waals surface area contributed by atoms with E-state index in [9.17, 15) is 0 Å². The Morgan fingerprint density at radius 1 is 1.29 bits per heavy atom. The smallest absolute Gasteiger partial charge is 0.149 e. The molecule has 2 fully saturated rings. The number of ether oxygens (including phenoxy) is 1. The van der Waals surface area contributed by atoms with Gasteiger partial charge in [-0.25, -0.2) is 4.98 Å². The number of aromatic nitrogens is 2. The van der Waals surface area contributed by atoms with E-state index in [4.69, 9.17) is 16.3 Å². The van der Waals surface area contributed by atoms with E-state index in [0.29, 0.717) is 23.2 Å². The molecule has 92 valence electrons. The molecule has 0 bridgehead atoms. The van der Waals surface area contributed by atoms with Crippen LogP contribution in [0.15, 0.2) is 12.4 Å². The summed E-state index contributed by atoms with van der Waals surface area (Å²) in [5, 5.41) is 3.89. The maximum absolute atomic E-state index is 5.84. The van der Waals surface area contributed by atoms with Crippen LogP contribution in [-0.4, -0.2) is 28.7 Å². The second kappa shape index (κ2) is 4.78. The number of anilines is 1. The summed E-state index contributed by atoms with van der Waals surface area (Å²) in [6.07, 6.45) is 8.46. The number of nitrogens with one attached hydrogen (secondary N) is 1. The van der Waals surface area contributed by atoms with Gasteiger partial charge in [-0.2, -0.15) is 0 Å². The van der Waals surface area contributed by atoms with E-state index in [1.807, 2.05) is 0 Å². The van der Waals surface area contributed by atoms with Crippen molar-refractivity contribution in [1.29, 1.82) is 0 Å². The maximum Gasteiger partial charge on any atom is 0.149 e. The first-order valence-corrected chi connectivity index (χ1v) is 6.56. The summed E-state index contributed by atoms with van der Waals surface area (Å²) < 4.78 is 5.75. The summed E-state index contributed by atoms with van der Waals surface area (Å²) >= 11 is 5.84. The lowest BCUT2D eigenvalue weighted by Crippen LogP contribution is -2.38. The highest BCUT2D eigenvalue weighted by Crippen LogP contribution is 2.35. The Hall–Kier alpha value is -0.870. The number of hydrogen-bond acceptors (Lipinski definition) is 4.